The van der Waals surface area contributed by atoms with Crippen LogP contribution >= 0.6 is 0 Å². The van der Waals surface area contributed by atoms with E-state index in [4.69, 9.17) is 4.84 Å². The normalized spacial score (nSPS) is 14.7. The second kappa shape index (κ2) is 10.4. The summed E-state index contributed by atoms with van der Waals surface area (Å²) in [5, 5.41) is 2.81. The minimum atomic E-state index is -0.308. The lowest BCUT2D eigenvalue weighted by Gasteiger charge is -2.34. The van der Waals surface area contributed by atoms with Crippen molar-refractivity contribution in [3.8, 4) is 0 Å². The van der Waals surface area contributed by atoms with Crippen LogP contribution in [0.3, 0.4) is 0 Å². The number of nitrogens with zero attached hydrogens (tertiary/aromatic N) is 4. The van der Waals surface area contributed by atoms with E-state index in [1.54, 1.807) is 12.4 Å². The fourth-order valence-corrected chi connectivity index (χ4v) is 2.93. The van der Waals surface area contributed by atoms with Gasteiger partial charge in [0.05, 0.1) is 6.61 Å². The molecule has 1 aromatic carbocycles. The highest BCUT2D eigenvalue weighted by molar-refractivity contribution is 5.72. The standard InChI is InChI=1S/C19H26N6O2/c26-19(23-27-16-17-6-2-1-3-7-17)22-10-5-11-24-12-14-25(15-13-24)18-20-8-4-9-21-18/h1-4,6-9H,5,10-16H2,(H2,22,23,26). The Morgan fingerprint density at radius 3 is 2.52 bits per heavy atom. The Kier molecular flexibility index (Phi) is 7.37. The number of nitrogens with one attached hydrogen (secondary N) is 2. The van der Waals surface area contributed by atoms with Gasteiger partial charge < -0.3 is 10.2 Å². The highest BCUT2D eigenvalue weighted by Crippen LogP contribution is 2.09. The summed E-state index contributed by atoms with van der Waals surface area (Å²) in [6, 6.07) is 11.2. The summed E-state index contributed by atoms with van der Waals surface area (Å²) in [4.78, 5) is 30.1. The first kappa shape index (κ1) is 19.1. The summed E-state index contributed by atoms with van der Waals surface area (Å²) in [5.41, 5.74) is 3.42. The van der Waals surface area contributed by atoms with Crippen LogP contribution in [0.4, 0.5) is 10.7 Å². The molecule has 3 rings (SSSR count). The Hall–Kier alpha value is -2.71. The molecule has 2 aromatic rings. The molecular weight excluding hydrogens is 344 g/mol. The fourth-order valence-electron chi connectivity index (χ4n) is 2.93. The number of carbonyl (C=O) groups is 1. The number of benzene rings is 1. The number of hydroxylamine groups is 1. The molecule has 2 N–H and O–H groups in total. The first-order chi connectivity index (χ1) is 13.3. The van der Waals surface area contributed by atoms with Crippen molar-refractivity contribution in [2.45, 2.75) is 13.0 Å². The fraction of sp³-hybridized carbons (Fsp3) is 0.421. The van der Waals surface area contributed by atoms with Crippen molar-refractivity contribution in [1.29, 1.82) is 0 Å². The summed E-state index contributed by atoms with van der Waals surface area (Å²) >= 11 is 0. The topological polar surface area (TPSA) is 82.6 Å². The number of piperazine rings is 1. The van der Waals surface area contributed by atoms with E-state index in [1.807, 2.05) is 36.4 Å². The van der Waals surface area contributed by atoms with Gasteiger partial charge in [0.25, 0.3) is 0 Å². The molecule has 1 fully saturated rings. The summed E-state index contributed by atoms with van der Waals surface area (Å²) in [6.45, 7) is 5.71. The third-order valence-electron chi connectivity index (χ3n) is 4.39. The van der Waals surface area contributed by atoms with Gasteiger partial charge in [-0.2, -0.15) is 0 Å². The van der Waals surface area contributed by atoms with Crippen LogP contribution in [0.5, 0.6) is 0 Å². The zero-order valence-corrected chi connectivity index (χ0v) is 15.4. The lowest BCUT2D eigenvalue weighted by molar-refractivity contribution is 0.0490. The van der Waals surface area contributed by atoms with Crippen LogP contribution in [0, 0.1) is 0 Å². The van der Waals surface area contributed by atoms with Crippen molar-refractivity contribution in [1.82, 2.24) is 25.7 Å². The van der Waals surface area contributed by atoms with Gasteiger partial charge in [0.1, 0.15) is 0 Å². The average Bonchev–Trinajstić information content (AvgIpc) is 2.73. The van der Waals surface area contributed by atoms with E-state index in [9.17, 15) is 4.79 Å². The maximum absolute atomic E-state index is 11.7. The molecule has 8 heteroatoms. The highest BCUT2D eigenvalue weighted by Gasteiger charge is 2.18. The SMILES string of the molecule is O=C(NCCCN1CCN(c2ncccn2)CC1)NOCc1ccccc1. The van der Waals surface area contributed by atoms with Crippen molar-refractivity contribution in [2.24, 2.45) is 0 Å². The van der Waals surface area contributed by atoms with E-state index >= 15 is 0 Å². The molecule has 0 radical (unpaired) electrons. The Morgan fingerprint density at radius 2 is 1.78 bits per heavy atom. The van der Waals surface area contributed by atoms with Gasteiger partial charge in [0.2, 0.25) is 5.95 Å². The van der Waals surface area contributed by atoms with Gasteiger partial charge >= 0.3 is 6.03 Å². The van der Waals surface area contributed by atoms with E-state index in [0.29, 0.717) is 13.2 Å². The average molecular weight is 370 g/mol. The minimum absolute atomic E-state index is 0.308. The molecular formula is C19H26N6O2. The van der Waals surface area contributed by atoms with Gasteiger partial charge in [-0.15, -0.1) is 0 Å². The molecule has 1 aliphatic heterocycles. The number of hydrogen-bond acceptors (Lipinski definition) is 6. The molecule has 0 saturated carbocycles. The zero-order chi connectivity index (χ0) is 18.7. The number of aromatic nitrogens is 2. The number of urea groups is 1. The number of rotatable bonds is 8. The van der Waals surface area contributed by atoms with Gasteiger partial charge in [0, 0.05) is 45.1 Å². The molecule has 1 aliphatic rings. The van der Waals surface area contributed by atoms with E-state index in [2.05, 4.69) is 30.6 Å². The van der Waals surface area contributed by atoms with Crippen molar-refractivity contribution in [3.05, 3.63) is 54.4 Å². The first-order valence-electron chi connectivity index (χ1n) is 9.25. The van der Waals surface area contributed by atoms with Crippen molar-refractivity contribution >= 4 is 12.0 Å². The van der Waals surface area contributed by atoms with Gasteiger partial charge in [-0.05, 0) is 24.6 Å². The van der Waals surface area contributed by atoms with Crippen molar-refractivity contribution in [2.75, 3.05) is 44.2 Å². The molecule has 1 saturated heterocycles. The molecule has 0 aliphatic carbocycles. The van der Waals surface area contributed by atoms with E-state index in [1.165, 1.54) is 0 Å². The van der Waals surface area contributed by atoms with E-state index in [0.717, 1.165) is 50.7 Å². The predicted octanol–water partition coefficient (Wildman–Crippen LogP) is 1.42. The second-order valence-corrected chi connectivity index (χ2v) is 6.36. The van der Waals surface area contributed by atoms with Crippen LogP contribution in [0.15, 0.2) is 48.8 Å². The number of anilines is 1. The maximum Gasteiger partial charge on any atom is 0.338 e. The molecule has 1 aromatic heterocycles. The molecule has 0 atom stereocenters. The van der Waals surface area contributed by atoms with Crippen LogP contribution in [0.2, 0.25) is 0 Å². The van der Waals surface area contributed by atoms with Crippen molar-refractivity contribution in [3.63, 3.8) is 0 Å². The molecule has 2 amide bonds. The summed E-state index contributed by atoms with van der Waals surface area (Å²) < 4.78 is 0. The van der Waals surface area contributed by atoms with Crippen LogP contribution in [0.1, 0.15) is 12.0 Å². The molecule has 27 heavy (non-hydrogen) atoms. The number of carbonyl (C=O) groups excluding carboxylic acids is 1. The van der Waals surface area contributed by atoms with E-state index in [-0.39, 0.29) is 6.03 Å². The molecule has 2 heterocycles. The Labute approximate surface area is 159 Å². The van der Waals surface area contributed by atoms with E-state index < -0.39 is 0 Å². The highest BCUT2D eigenvalue weighted by atomic mass is 16.7. The zero-order valence-electron chi connectivity index (χ0n) is 15.4. The van der Waals surface area contributed by atoms with Gasteiger partial charge in [-0.1, -0.05) is 30.3 Å². The second-order valence-electron chi connectivity index (χ2n) is 6.36. The van der Waals surface area contributed by atoms with Crippen LogP contribution in [0.25, 0.3) is 0 Å². The summed E-state index contributed by atoms with van der Waals surface area (Å²) in [5.74, 6) is 0.797. The lowest BCUT2D eigenvalue weighted by atomic mass is 10.2. The monoisotopic (exact) mass is 370 g/mol. The van der Waals surface area contributed by atoms with Crippen LogP contribution in [-0.4, -0.2) is 60.2 Å². The summed E-state index contributed by atoms with van der Waals surface area (Å²) in [7, 11) is 0. The predicted molar refractivity (Wildman–Crippen MR) is 103 cm³/mol. The Bertz CT molecular complexity index is 677. The molecule has 0 unspecified atom stereocenters. The third kappa shape index (κ3) is 6.50. The number of amides is 2. The third-order valence-corrected chi connectivity index (χ3v) is 4.39. The lowest BCUT2D eigenvalue weighted by Crippen LogP contribution is -2.47. The van der Waals surface area contributed by atoms with Crippen LogP contribution in [-0.2, 0) is 11.4 Å². The molecule has 0 bridgehead atoms. The molecule has 144 valence electrons. The molecule has 8 nitrogen and oxygen atoms in total. The van der Waals surface area contributed by atoms with Crippen molar-refractivity contribution < 1.29 is 9.63 Å². The van der Waals surface area contributed by atoms with Gasteiger partial charge in [-0.25, -0.2) is 20.2 Å². The Morgan fingerprint density at radius 1 is 1.04 bits per heavy atom. The first-order valence-corrected chi connectivity index (χ1v) is 9.25. The maximum atomic E-state index is 11.7. The Balaban J connectivity index is 1.23. The minimum Gasteiger partial charge on any atom is -0.338 e. The number of hydrogen-bond donors (Lipinski definition) is 2. The smallest absolute Gasteiger partial charge is 0.338 e. The summed E-state index contributed by atoms with van der Waals surface area (Å²) in [6.07, 6.45) is 4.44. The molecule has 0 spiro atoms. The largest absolute Gasteiger partial charge is 0.338 e. The van der Waals surface area contributed by atoms with Gasteiger partial charge in [-0.3, -0.25) is 9.74 Å². The van der Waals surface area contributed by atoms with Crippen LogP contribution < -0.4 is 15.7 Å². The van der Waals surface area contributed by atoms with Gasteiger partial charge in [0.15, 0.2) is 0 Å². The quantitative estimate of drug-likeness (QED) is 0.540.